The van der Waals surface area contributed by atoms with Crippen molar-refractivity contribution in [3.8, 4) is 0 Å². The van der Waals surface area contributed by atoms with E-state index in [4.69, 9.17) is 4.42 Å². The first-order valence-electron chi connectivity index (χ1n) is 6.08. The monoisotopic (exact) mass is 287 g/mol. The summed E-state index contributed by atoms with van der Waals surface area (Å²) >= 11 is 0. The second-order valence-corrected chi connectivity index (χ2v) is 4.14. The SMILES string of the molecule is CC(=O)Nc1ccc(NC(=O)NC(=O)c2ccco2)cc1. The second-order valence-electron chi connectivity index (χ2n) is 4.14. The minimum Gasteiger partial charge on any atom is -0.459 e. The topological polar surface area (TPSA) is 100 Å². The van der Waals surface area contributed by atoms with Crippen LogP contribution < -0.4 is 16.0 Å². The van der Waals surface area contributed by atoms with Gasteiger partial charge in [0.25, 0.3) is 5.91 Å². The summed E-state index contributed by atoms with van der Waals surface area (Å²) in [5, 5.41) is 7.22. The molecule has 0 saturated carbocycles. The Bertz CT molecular complexity index is 647. The van der Waals surface area contributed by atoms with E-state index in [1.165, 1.54) is 19.3 Å². The number of carbonyl (C=O) groups excluding carboxylic acids is 3. The van der Waals surface area contributed by atoms with Crippen LogP contribution in [0, 0.1) is 0 Å². The predicted molar refractivity (Wildman–Crippen MR) is 75.9 cm³/mol. The lowest BCUT2D eigenvalue weighted by molar-refractivity contribution is -0.114. The predicted octanol–water partition coefficient (Wildman–Crippen LogP) is 2.20. The van der Waals surface area contributed by atoms with E-state index in [2.05, 4.69) is 16.0 Å². The first-order chi connectivity index (χ1) is 10.0. The normalized spacial score (nSPS) is 9.76. The number of hydrogen-bond acceptors (Lipinski definition) is 4. The maximum Gasteiger partial charge on any atom is 0.326 e. The number of imide groups is 1. The average molecular weight is 287 g/mol. The highest BCUT2D eigenvalue weighted by molar-refractivity contribution is 6.06. The van der Waals surface area contributed by atoms with Gasteiger partial charge in [0.2, 0.25) is 5.91 Å². The van der Waals surface area contributed by atoms with Crippen molar-refractivity contribution in [2.24, 2.45) is 0 Å². The van der Waals surface area contributed by atoms with E-state index in [1.807, 2.05) is 0 Å². The fraction of sp³-hybridized carbons (Fsp3) is 0.0714. The van der Waals surface area contributed by atoms with Crippen molar-refractivity contribution in [2.75, 3.05) is 10.6 Å². The number of amides is 4. The Morgan fingerprint density at radius 1 is 0.952 bits per heavy atom. The van der Waals surface area contributed by atoms with E-state index in [0.717, 1.165) is 0 Å². The zero-order chi connectivity index (χ0) is 15.2. The van der Waals surface area contributed by atoms with Crippen molar-refractivity contribution in [3.05, 3.63) is 48.4 Å². The Morgan fingerprint density at radius 2 is 1.57 bits per heavy atom. The molecule has 7 nitrogen and oxygen atoms in total. The smallest absolute Gasteiger partial charge is 0.326 e. The maximum atomic E-state index is 11.6. The molecule has 0 aliphatic rings. The van der Waals surface area contributed by atoms with E-state index in [1.54, 1.807) is 30.3 Å². The van der Waals surface area contributed by atoms with Crippen LogP contribution >= 0.6 is 0 Å². The molecule has 0 saturated heterocycles. The number of anilines is 2. The summed E-state index contributed by atoms with van der Waals surface area (Å²) in [4.78, 5) is 34.1. The van der Waals surface area contributed by atoms with Gasteiger partial charge in [0, 0.05) is 18.3 Å². The van der Waals surface area contributed by atoms with Crippen LogP contribution in [0.3, 0.4) is 0 Å². The minimum absolute atomic E-state index is 0.0474. The maximum absolute atomic E-state index is 11.6. The molecule has 4 amide bonds. The van der Waals surface area contributed by atoms with Gasteiger partial charge in [0.05, 0.1) is 6.26 Å². The number of benzene rings is 1. The van der Waals surface area contributed by atoms with Crippen LogP contribution in [0.15, 0.2) is 47.1 Å². The summed E-state index contributed by atoms with van der Waals surface area (Å²) < 4.78 is 4.87. The van der Waals surface area contributed by atoms with Gasteiger partial charge in [-0.3, -0.25) is 14.9 Å². The molecule has 1 heterocycles. The fourth-order valence-electron chi connectivity index (χ4n) is 1.57. The summed E-state index contributed by atoms with van der Waals surface area (Å²) in [6.07, 6.45) is 1.34. The largest absolute Gasteiger partial charge is 0.459 e. The van der Waals surface area contributed by atoms with Crippen molar-refractivity contribution in [1.29, 1.82) is 0 Å². The van der Waals surface area contributed by atoms with Crippen LogP contribution in [0.5, 0.6) is 0 Å². The Kier molecular flexibility index (Phi) is 4.35. The second kappa shape index (κ2) is 6.38. The molecule has 108 valence electrons. The van der Waals surface area contributed by atoms with E-state index >= 15 is 0 Å². The molecule has 0 aliphatic heterocycles. The van der Waals surface area contributed by atoms with Gasteiger partial charge in [-0.25, -0.2) is 4.79 Å². The lowest BCUT2D eigenvalue weighted by Gasteiger charge is -2.07. The molecule has 1 aromatic heterocycles. The van der Waals surface area contributed by atoms with E-state index in [9.17, 15) is 14.4 Å². The molecule has 0 spiro atoms. The Morgan fingerprint density at radius 3 is 2.10 bits per heavy atom. The zero-order valence-corrected chi connectivity index (χ0v) is 11.2. The van der Waals surface area contributed by atoms with Crippen molar-refractivity contribution in [3.63, 3.8) is 0 Å². The van der Waals surface area contributed by atoms with Crippen LogP contribution in [-0.4, -0.2) is 17.8 Å². The number of hydrogen-bond donors (Lipinski definition) is 3. The third kappa shape index (κ3) is 4.20. The van der Waals surface area contributed by atoms with Gasteiger partial charge in [-0.15, -0.1) is 0 Å². The molecular weight excluding hydrogens is 274 g/mol. The molecule has 0 radical (unpaired) electrons. The minimum atomic E-state index is -0.677. The molecule has 7 heteroatoms. The lowest BCUT2D eigenvalue weighted by atomic mass is 10.3. The number of furan rings is 1. The number of nitrogens with one attached hydrogen (secondary N) is 3. The quantitative estimate of drug-likeness (QED) is 0.805. The molecule has 0 aliphatic carbocycles. The van der Waals surface area contributed by atoms with Gasteiger partial charge in [0.15, 0.2) is 5.76 Å². The van der Waals surface area contributed by atoms with Crippen LogP contribution in [0.1, 0.15) is 17.5 Å². The summed E-state index contributed by atoms with van der Waals surface area (Å²) in [5.74, 6) is -0.768. The van der Waals surface area contributed by atoms with Gasteiger partial charge < -0.3 is 15.1 Å². The fourth-order valence-corrected chi connectivity index (χ4v) is 1.57. The van der Waals surface area contributed by atoms with Crippen molar-refractivity contribution in [1.82, 2.24) is 5.32 Å². The molecule has 0 fully saturated rings. The Labute approximate surface area is 120 Å². The molecule has 1 aromatic carbocycles. The van der Waals surface area contributed by atoms with Crippen molar-refractivity contribution >= 4 is 29.2 Å². The molecule has 0 bridgehead atoms. The standard InChI is InChI=1S/C14H13N3O4/c1-9(18)15-10-4-6-11(7-5-10)16-14(20)17-13(19)12-3-2-8-21-12/h2-8H,1H3,(H,15,18)(H2,16,17,19,20). The summed E-state index contributed by atoms with van der Waals surface area (Å²) in [6.45, 7) is 1.40. The molecule has 21 heavy (non-hydrogen) atoms. The van der Waals surface area contributed by atoms with Crippen molar-refractivity contribution in [2.45, 2.75) is 6.92 Å². The molecule has 3 N–H and O–H groups in total. The highest BCUT2D eigenvalue weighted by Gasteiger charge is 2.12. The highest BCUT2D eigenvalue weighted by atomic mass is 16.3. The van der Waals surface area contributed by atoms with Crippen LogP contribution in [0.25, 0.3) is 0 Å². The molecule has 2 rings (SSSR count). The van der Waals surface area contributed by atoms with E-state index in [0.29, 0.717) is 11.4 Å². The van der Waals surface area contributed by atoms with Crippen molar-refractivity contribution < 1.29 is 18.8 Å². The van der Waals surface area contributed by atoms with E-state index < -0.39 is 11.9 Å². The number of urea groups is 1. The summed E-state index contributed by atoms with van der Waals surface area (Å²) in [5.41, 5.74) is 1.09. The third-order valence-corrected chi connectivity index (χ3v) is 2.44. The zero-order valence-electron chi connectivity index (χ0n) is 11.2. The van der Waals surface area contributed by atoms with E-state index in [-0.39, 0.29) is 11.7 Å². The third-order valence-electron chi connectivity index (χ3n) is 2.44. The van der Waals surface area contributed by atoms with Gasteiger partial charge in [0.1, 0.15) is 0 Å². The van der Waals surface area contributed by atoms with Crippen LogP contribution in [-0.2, 0) is 4.79 Å². The Hall–Kier alpha value is -3.09. The van der Waals surface area contributed by atoms with Crippen LogP contribution in [0.2, 0.25) is 0 Å². The van der Waals surface area contributed by atoms with Gasteiger partial charge in [-0.05, 0) is 36.4 Å². The average Bonchev–Trinajstić information content (AvgIpc) is 2.94. The van der Waals surface area contributed by atoms with Gasteiger partial charge >= 0.3 is 6.03 Å². The Balaban J connectivity index is 1.90. The molecule has 0 unspecified atom stereocenters. The molecule has 0 atom stereocenters. The first-order valence-corrected chi connectivity index (χ1v) is 6.08. The van der Waals surface area contributed by atoms with Gasteiger partial charge in [-0.1, -0.05) is 0 Å². The number of carbonyl (C=O) groups is 3. The summed E-state index contributed by atoms with van der Waals surface area (Å²) in [7, 11) is 0. The summed E-state index contributed by atoms with van der Waals surface area (Å²) in [6, 6.07) is 8.78. The van der Waals surface area contributed by atoms with Crippen LogP contribution in [0.4, 0.5) is 16.2 Å². The van der Waals surface area contributed by atoms with Gasteiger partial charge in [-0.2, -0.15) is 0 Å². The highest BCUT2D eigenvalue weighted by Crippen LogP contribution is 2.13. The molecule has 2 aromatic rings. The lowest BCUT2D eigenvalue weighted by Crippen LogP contribution is -2.34. The number of rotatable bonds is 3. The molecular formula is C14H13N3O4. The first kappa shape index (κ1) is 14.3.